The Balaban J connectivity index is 1.44. The maximum Gasteiger partial charge on any atom is 0.225 e. The first-order valence-electron chi connectivity index (χ1n) is 8.13. The van der Waals surface area contributed by atoms with Gasteiger partial charge >= 0.3 is 0 Å². The fourth-order valence-electron chi connectivity index (χ4n) is 3.59. The number of hydrogen-bond donors (Lipinski definition) is 0. The highest BCUT2D eigenvalue weighted by Crippen LogP contribution is 2.41. The summed E-state index contributed by atoms with van der Waals surface area (Å²) in [6.07, 6.45) is 6.66. The van der Waals surface area contributed by atoms with Crippen LogP contribution in [-0.4, -0.2) is 66.3 Å². The molecule has 1 saturated carbocycles. The van der Waals surface area contributed by atoms with Gasteiger partial charge in [0.1, 0.15) is 0 Å². The number of nitrogens with zero attached hydrogens (tertiary/aromatic N) is 4. The first kappa shape index (κ1) is 15.3. The molecule has 2 saturated heterocycles. The molecule has 1 aromatic heterocycles. The maximum absolute atomic E-state index is 12.4. The Morgan fingerprint density at radius 3 is 2.78 bits per heavy atom. The van der Waals surface area contributed by atoms with Crippen LogP contribution in [0.5, 0.6) is 0 Å². The van der Waals surface area contributed by atoms with E-state index in [2.05, 4.69) is 9.97 Å². The van der Waals surface area contributed by atoms with Crippen LogP contribution in [0.1, 0.15) is 25.7 Å². The average Bonchev–Trinajstić information content (AvgIpc) is 3.24. The van der Waals surface area contributed by atoms with Gasteiger partial charge in [-0.3, -0.25) is 0 Å². The van der Waals surface area contributed by atoms with Gasteiger partial charge in [-0.1, -0.05) is 0 Å². The second-order valence-electron chi connectivity index (χ2n) is 6.84. The number of sulfonamides is 1. The van der Waals surface area contributed by atoms with Crippen LogP contribution >= 0.6 is 0 Å². The number of likely N-dealkylation sites (N-methyl/N-ethyl adjacent to an activating group) is 1. The Bertz CT molecular complexity index is 679. The molecule has 8 heteroatoms. The van der Waals surface area contributed by atoms with Crippen LogP contribution in [0.3, 0.4) is 0 Å². The largest absolute Gasteiger partial charge is 0.371 e. The summed E-state index contributed by atoms with van der Waals surface area (Å²) in [5, 5.41) is -0.143. The number of rotatable bonds is 4. The van der Waals surface area contributed by atoms with Crippen molar-refractivity contribution in [1.82, 2.24) is 14.3 Å². The number of hydrogen-bond acceptors (Lipinski definition) is 6. The lowest BCUT2D eigenvalue weighted by Crippen LogP contribution is -2.39. The van der Waals surface area contributed by atoms with Crippen molar-refractivity contribution in [2.75, 3.05) is 31.6 Å². The molecule has 2 aliphatic heterocycles. The van der Waals surface area contributed by atoms with Crippen molar-refractivity contribution < 1.29 is 13.2 Å². The lowest BCUT2D eigenvalue weighted by atomic mass is 9.97. The molecule has 126 valence electrons. The second-order valence-corrected chi connectivity index (χ2v) is 9.05. The van der Waals surface area contributed by atoms with Crippen LogP contribution in [0, 0.1) is 0 Å². The number of aromatic nitrogens is 2. The summed E-state index contributed by atoms with van der Waals surface area (Å²) >= 11 is 0. The van der Waals surface area contributed by atoms with E-state index in [0.717, 1.165) is 25.7 Å². The Kier molecular flexibility index (Phi) is 3.58. The van der Waals surface area contributed by atoms with Gasteiger partial charge in [0.25, 0.3) is 0 Å². The Morgan fingerprint density at radius 1 is 1.35 bits per heavy atom. The van der Waals surface area contributed by atoms with Crippen LogP contribution in [0.4, 0.5) is 5.95 Å². The van der Waals surface area contributed by atoms with Gasteiger partial charge in [0.15, 0.2) is 0 Å². The van der Waals surface area contributed by atoms with Crippen molar-refractivity contribution in [1.29, 1.82) is 0 Å². The summed E-state index contributed by atoms with van der Waals surface area (Å²) in [5.41, 5.74) is -0.338. The van der Waals surface area contributed by atoms with E-state index < -0.39 is 10.0 Å². The molecule has 0 aromatic carbocycles. The second kappa shape index (κ2) is 5.39. The number of anilines is 1. The zero-order valence-corrected chi connectivity index (χ0v) is 14.1. The van der Waals surface area contributed by atoms with Gasteiger partial charge < -0.3 is 9.64 Å². The van der Waals surface area contributed by atoms with E-state index >= 15 is 0 Å². The van der Waals surface area contributed by atoms with Crippen molar-refractivity contribution in [3.05, 3.63) is 18.5 Å². The van der Waals surface area contributed by atoms with E-state index in [4.69, 9.17) is 4.74 Å². The van der Waals surface area contributed by atoms with Gasteiger partial charge in [-0.25, -0.2) is 18.4 Å². The molecule has 3 aliphatic rings. The van der Waals surface area contributed by atoms with Crippen molar-refractivity contribution in [3.8, 4) is 0 Å². The molecule has 0 bridgehead atoms. The molecule has 1 aromatic rings. The Morgan fingerprint density at radius 2 is 2.09 bits per heavy atom. The molecule has 0 N–H and O–H groups in total. The molecule has 2 unspecified atom stereocenters. The quantitative estimate of drug-likeness (QED) is 0.802. The van der Waals surface area contributed by atoms with E-state index in [1.165, 1.54) is 0 Å². The summed E-state index contributed by atoms with van der Waals surface area (Å²) in [6.45, 7) is 1.66. The Labute approximate surface area is 136 Å². The van der Waals surface area contributed by atoms with Gasteiger partial charge in [-0.2, -0.15) is 4.31 Å². The molecule has 3 fully saturated rings. The summed E-state index contributed by atoms with van der Waals surface area (Å²) in [6, 6.07) is 1.97. The van der Waals surface area contributed by atoms with Crippen molar-refractivity contribution in [2.45, 2.75) is 42.6 Å². The lowest BCUT2D eigenvalue weighted by Gasteiger charge is -2.26. The highest BCUT2D eigenvalue weighted by molar-refractivity contribution is 7.90. The van der Waals surface area contributed by atoms with E-state index in [1.807, 2.05) is 11.9 Å². The highest BCUT2D eigenvalue weighted by Gasteiger charge is 2.52. The molecular weight excluding hydrogens is 316 g/mol. The molecule has 3 heterocycles. The average molecular weight is 338 g/mol. The summed E-state index contributed by atoms with van der Waals surface area (Å²) in [5.74, 6) is 0.679. The Hall–Kier alpha value is -1.25. The van der Waals surface area contributed by atoms with Gasteiger partial charge in [0.2, 0.25) is 16.0 Å². The third-order valence-electron chi connectivity index (χ3n) is 5.19. The van der Waals surface area contributed by atoms with Crippen LogP contribution in [0.2, 0.25) is 0 Å². The molecule has 0 amide bonds. The summed E-state index contributed by atoms with van der Waals surface area (Å²) < 4.78 is 32.5. The first-order valence-corrected chi connectivity index (χ1v) is 9.63. The molecular formula is C15H22N4O3S. The number of ether oxygens (including phenoxy) is 1. The summed E-state index contributed by atoms with van der Waals surface area (Å²) in [4.78, 5) is 10.6. The van der Waals surface area contributed by atoms with Gasteiger partial charge in [-0.15, -0.1) is 0 Å². The maximum atomic E-state index is 12.4. The molecule has 1 spiro atoms. The predicted molar refractivity (Wildman–Crippen MR) is 85.7 cm³/mol. The first-order chi connectivity index (χ1) is 11.0. The summed E-state index contributed by atoms with van der Waals surface area (Å²) in [7, 11) is -1.14. The van der Waals surface area contributed by atoms with Crippen molar-refractivity contribution in [2.24, 2.45) is 0 Å². The van der Waals surface area contributed by atoms with Crippen LogP contribution < -0.4 is 4.90 Å². The van der Waals surface area contributed by atoms with Crippen LogP contribution in [0.25, 0.3) is 0 Å². The van der Waals surface area contributed by atoms with Gasteiger partial charge in [-0.05, 0) is 25.3 Å². The zero-order valence-electron chi connectivity index (χ0n) is 13.3. The minimum Gasteiger partial charge on any atom is -0.371 e. The van der Waals surface area contributed by atoms with Crippen LogP contribution in [0.15, 0.2) is 18.5 Å². The third-order valence-corrected chi connectivity index (χ3v) is 7.54. The minimum absolute atomic E-state index is 0.143. The zero-order chi connectivity index (χ0) is 16.1. The third kappa shape index (κ3) is 2.72. The molecule has 7 nitrogen and oxygen atoms in total. The molecule has 1 aliphatic carbocycles. The lowest BCUT2D eigenvalue weighted by molar-refractivity contribution is 0.0171. The van der Waals surface area contributed by atoms with Crippen molar-refractivity contribution >= 4 is 16.0 Å². The molecule has 0 radical (unpaired) electrons. The smallest absolute Gasteiger partial charge is 0.225 e. The topological polar surface area (TPSA) is 75.6 Å². The monoisotopic (exact) mass is 338 g/mol. The van der Waals surface area contributed by atoms with E-state index in [9.17, 15) is 8.42 Å². The predicted octanol–water partition coefficient (Wildman–Crippen LogP) is 0.638. The van der Waals surface area contributed by atoms with Gasteiger partial charge in [0.05, 0.1) is 23.5 Å². The normalized spacial score (nSPS) is 31.8. The SMILES string of the molecule is CN(c1ncccn1)C1COC2(CCN(S(=O)(=O)C3CC3)C2)C1. The highest BCUT2D eigenvalue weighted by atomic mass is 32.2. The fraction of sp³-hybridized carbons (Fsp3) is 0.733. The molecule has 2 atom stereocenters. The molecule has 4 rings (SSSR count). The van der Waals surface area contributed by atoms with Crippen molar-refractivity contribution in [3.63, 3.8) is 0 Å². The molecule has 23 heavy (non-hydrogen) atoms. The minimum atomic E-state index is -3.10. The van der Waals surface area contributed by atoms with Gasteiger partial charge in [0, 0.05) is 39.0 Å². The standard InChI is InChI=1S/C15H22N4O3S/c1-18(14-16-6-2-7-17-14)12-9-15(22-10-12)5-8-19(11-15)23(20,21)13-3-4-13/h2,6-7,12-13H,3-5,8-11H2,1H3. The van der Waals surface area contributed by atoms with Crippen LogP contribution in [-0.2, 0) is 14.8 Å². The van der Waals surface area contributed by atoms with E-state index in [1.54, 1.807) is 22.8 Å². The fourth-order valence-corrected chi connectivity index (χ4v) is 5.51. The van der Waals surface area contributed by atoms with E-state index in [-0.39, 0.29) is 16.9 Å². The van der Waals surface area contributed by atoms with E-state index in [0.29, 0.717) is 25.6 Å².